The molecule has 0 radical (unpaired) electrons. The Kier molecular flexibility index (Phi) is 5.66. The molecule has 0 saturated carbocycles. The van der Waals surface area contributed by atoms with Crippen molar-refractivity contribution in [3.05, 3.63) is 29.7 Å². The first-order chi connectivity index (χ1) is 13.9. The van der Waals surface area contributed by atoms with Crippen molar-refractivity contribution in [1.82, 2.24) is 19.8 Å². The molecule has 29 heavy (non-hydrogen) atoms. The lowest BCUT2D eigenvalue weighted by Gasteiger charge is -2.13. The van der Waals surface area contributed by atoms with E-state index in [9.17, 15) is 13.2 Å². The molecule has 2 saturated heterocycles. The fraction of sp³-hybridized carbons (Fsp3) is 0.526. The molecule has 1 amide bonds. The lowest BCUT2D eigenvalue weighted by molar-refractivity contribution is 0.0743. The molecule has 156 valence electrons. The van der Waals surface area contributed by atoms with E-state index >= 15 is 0 Å². The second-order valence-corrected chi connectivity index (χ2v) is 9.13. The van der Waals surface area contributed by atoms with E-state index < -0.39 is 10.0 Å². The standard InChI is InChI=1S/C19H24N4O5S/c1-13-6-7-14(11-16(13)29(25,26)20-12-15-5-4-10-27-15)17-21-18(28-22-17)19(24)23-8-2-3-9-23/h6-7,11,15,20H,2-5,8-10,12H2,1H3. The number of aromatic nitrogens is 2. The molecule has 0 aliphatic carbocycles. The first-order valence-electron chi connectivity index (χ1n) is 9.79. The van der Waals surface area contributed by atoms with Crippen molar-refractivity contribution in [2.45, 2.75) is 43.6 Å². The van der Waals surface area contributed by atoms with Crippen molar-refractivity contribution >= 4 is 15.9 Å². The zero-order valence-corrected chi connectivity index (χ0v) is 17.1. The van der Waals surface area contributed by atoms with Gasteiger partial charge in [-0.3, -0.25) is 4.79 Å². The van der Waals surface area contributed by atoms with Gasteiger partial charge in [0.1, 0.15) is 0 Å². The summed E-state index contributed by atoms with van der Waals surface area (Å²) in [6.07, 6.45) is 3.62. The van der Waals surface area contributed by atoms with Crippen LogP contribution in [0.4, 0.5) is 0 Å². The maximum atomic E-state index is 12.8. The van der Waals surface area contributed by atoms with Crippen LogP contribution in [-0.2, 0) is 14.8 Å². The highest BCUT2D eigenvalue weighted by Gasteiger charge is 2.26. The average Bonchev–Trinajstić information content (AvgIpc) is 3.49. The molecule has 10 heteroatoms. The van der Waals surface area contributed by atoms with Gasteiger partial charge in [0.05, 0.1) is 11.0 Å². The number of carbonyl (C=O) groups excluding carboxylic acids is 1. The van der Waals surface area contributed by atoms with Crippen molar-refractivity contribution in [2.75, 3.05) is 26.2 Å². The molecular formula is C19H24N4O5S. The molecule has 1 unspecified atom stereocenters. The van der Waals surface area contributed by atoms with E-state index in [0.29, 0.717) is 30.8 Å². The zero-order chi connectivity index (χ0) is 20.4. The van der Waals surface area contributed by atoms with Crippen molar-refractivity contribution in [3.8, 4) is 11.4 Å². The van der Waals surface area contributed by atoms with Gasteiger partial charge >= 0.3 is 11.8 Å². The van der Waals surface area contributed by atoms with Gasteiger partial charge in [0.2, 0.25) is 15.8 Å². The van der Waals surface area contributed by atoms with Gasteiger partial charge in [-0.2, -0.15) is 4.98 Å². The van der Waals surface area contributed by atoms with Crippen LogP contribution >= 0.6 is 0 Å². The van der Waals surface area contributed by atoms with E-state index in [1.54, 1.807) is 24.0 Å². The van der Waals surface area contributed by atoms with Crippen LogP contribution in [-0.4, -0.2) is 61.7 Å². The predicted molar refractivity (Wildman–Crippen MR) is 104 cm³/mol. The van der Waals surface area contributed by atoms with Crippen LogP contribution in [0.2, 0.25) is 0 Å². The molecule has 2 fully saturated rings. The summed E-state index contributed by atoms with van der Waals surface area (Å²) < 4.78 is 38.8. The number of sulfonamides is 1. The van der Waals surface area contributed by atoms with Crippen molar-refractivity contribution < 1.29 is 22.5 Å². The Morgan fingerprint density at radius 1 is 1.28 bits per heavy atom. The summed E-state index contributed by atoms with van der Waals surface area (Å²) in [5.74, 6) is -0.189. The number of benzene rings is 1. The largest absolute Gasteiger partial charge is 0.377 e. The maximum absolute atomic E-state index is 12.8. The summed E-state index contributed by atoms with van der Waals surface area (Å²) in [5, 5.41) is 3.87. The number of aryl methyl sites for hydroxylation is 1. The normalized spacial score (nSPS) is 19.8. The Morgan fingerprint density at radius 3 is 2.79 bits per heavy atom. The van der Waals surface area contributed by atoms with Gasteiger partial charge in [-0.1, -0.05) is 17.3 Å². The van der Waals surface area contributed by atoms with Crippen molar-refractivity contribution in [2.24, 2.45) is 0 Å². The smallest absolute Gasteiger partial charge is 0.316 e. The first-order valence-corrected chi connectivity index (χ1v) is 11.3. The van der Waals surface area contributed by atoms with Crippen molar-refractivity contribution in [3.63, 3.8) is 0 Å². The Bertz CT molecular complexity index is 992. The number of carbonyl (C=O) groups is 1. The molecule has 2 aliphatic rings. The van der Waals surface area contributed by atoms with E-state index in [2.05, 4.69) is 14.9 Å². The van der Waals surface area contributed by atoms with Crippen LogP contribution in [0.3, 0.4) is 0 Å². The lowest BCUT2D eigenvalue weighted by atomic mass is 10.1. The van der Waals surface area contributed by atoms with Gasteiger partial charge in [0.15, 0.2) is 0 Å². The minimum atomic E-state index is -3.72. The van der Waals surface area contributed by atoms with Gasteiger partial charge < -0.3 is 14.2 Å². The van der Waals surface area contributed by atoms with Crippen LogP contribution in [0.5, 0.6) is 0 Å². The van der Waals surface area contributed by atoms with Gasteiger partial charge in [-0.15, -0.1) is 0 Å². The molecule has 1 atom stereocenters. The van der Waals surface area contributed by atoms with Gasteiger partial charge in [0.25, 0.3) is 0 Å². The predicted octanol–water partition coefficient (Wildman–Crippen LogP) is 1.74. The first kappa shape index (κ1) is 20.0. The highest BCUT2D eigenvalue weighted by molar-refractivity contribution is 7.89. The van der Waals surface area contributed by atoms with Crippen LogP contribution in [0.25, 0.3) is 11.4 Å². The Labute approximate surface area is 169 Å². The Hall–Kier alpha value is -2.30. The minimum Gasteiger partial charge on any atom is -0.377 e. The average molecular weight is 420 g/mol. The highest BCUT2D eigenvalue weighted by Crippen LogP contribution is 2.24. The zero-order valence-electron chi connectivity index (χ0n) is 16.3. The molecule has 9 nitrogen and oxygen atoms in total. The molecule has 2 aromatic rings. The molecule has 0 spiro atoms. The summed E-state index contributed by atoms with van der Waals surface area (Å²) in [4.78, 5) is 18.4. The fourth-order valence-electron chi connectivity index (χ4n) is 3.60. The number of hydrogen-bond donors (Lipinski definition) is 1. The molecule has 1 aromatic heterocycles. The maximum Gasteiger partial charge on any atom is 0.316 e. The third-order valence-corrected chi connectivity index (χ3v) is 6.83. The van der Waals surface area contributed by atoms with Gasteiger partial charge in [0, 0.05) is 31.8 Å². The number of hydrogen-bond acceptors (Lipinski definition) is 7. The minimum absolute atomic E-state index is 0.0802. The van der Waals surface area contributed by atoms with E-state index in [1.807, 2.05) is 0 Å². The van der Waals surface area contributed by atoms with E-state index in [-0.39, 0.29) is 35.2 Å². The number of amides is 1. The third-order valence-electron chi connectivity index (χ3n) is 5.26. The number of nitrogens with one attached hydrogen (secondary N) is 1. The Balaban J connectivity index is 1.54. The van der Waals surface area contributed by atoms with Crippen LogP contribution < -0.4 is 4.72 Å². The molecule has 1 N–H and O–H groups in total. The Morgan fingerprint density at radius 2 is 2.07 bits per heavy atom. The second-order valence-electron chi connectivity index (χ2n) is 7.39. The van der Waals surface area contributed by atoms with Gasteiger partial charge in [-0.25, -0.2) is 13.1 Å². The molecule has 1 aromatic carbocycles. The molecule has 2 aliphatic heterocycles. The molecule has 4 rings (SSSR count). The SMILES string of the molecule is Cc1ccc(-c2noc(C(=O)N3CCCC3)n2)cc1S(=O)(=O)NCC1CCCO1. The monoisotopic (exact) mass is 420 g/mol. The van der Waals surface area contributed by atoms with Crippen LogP contribution in [0.15, 0.2) is 27.6 Å². The summed E-state index contributed by atoms with van der Waals surface area (Å²) in [7, 11) is -3.72. The molecular weight excluding hydrogens is 396 g/mol. The van der Waals surface area contributed by atoms with E-state index in [4.69, 9.17) is 9.26 Å². The topological polar surface area (TPSA) is 115 Å². The quantitative estimate of drug-likeness (QED) is 0.757. The highest BCUT2D eigenvalue weighted by atomic mass is 32.2. The van der Waals surface area contributed by atoms with E-state index in [1.165, 1.54) is 6.07 Å². The number of nitrogens with zero attached hydrogens (tertiary/aromatic N) is 3. The van der Waals surface area contributed by atoms with Crippen LogP contribution in [0.1, 0.15) is 41.9 Å². The van der Waals surface area contributed by atoms with Crippen LogP contribution in [0, 0.1) is 6.92 Å². The second kappa shape index (κ2) is 8.21. The third kappa shape index (κ3) is 4.34. The molecule has 3 heterocycles. The number of ether oxygens (including phenoxy) is 1. The summed E-state index contributed by atoms with van der Waals surface area (Å²) in [6.45, 7) is 3.99. The number of likely N-dealkylation sites (tertiary alicyclic amines) is 1. The summed E-state index contributed by atoms with van der Waals surface area (Å²) in [5.41, 5.74) is 1.07. The molecule has 0 bridgehead atoms. The summed E-state index contributed by atoms with van der Waals surface area (Å²) in [6, 6.07) is 4.90. The van der Waals surface area contributed by atoms with Crippen molar-refractivity contribution in [1.29, 1.82) is 0 Å². The van der Waals surface area contributed by atoms with E-state index in [0.717, 1.165) is 25.7 Å². The summed E-state index contributed by atoms with van der Waals surface area (Å²) >= 11 is 0. The fourth-order valence-corrected chi connectivity index (χ4v) is 4.93. The lowest BCUT2D eigenvalue weighted by Crippen LogP contribution is -2.32. The van der Waals surface area contributed by atoms with Gasteiger partial charge in [-0.05, 0) is 44.2 Å². The number of rotatable bonds is 6.